The zero-order valence-corrected chi connectivity index (χ0v) is 26.9. The second-order valence-electron chi connectivity index (χ2n) is 12.5. The number of benzene rings is 7. The molecule has 0 bridgehead atoms. The second-order valence-corrected chi connectivity index (χ2v) is 12.5. The highest BCUT2D eigenvalue weighted by molar-refractivity contribution is 6.24. The number of para-hydroxylation sites is 1. The van der Waals surface area contributed by atoms with Crippen LogP contribution in [0.4, 0.5) is 0 Å². The number of fused-ring (bicyclic) bond motifs is 7. The van der Waals surface area contributed by atoms with Crippen LogP contribution < -0.4 is 0 Å². The van der Waals surface area contributed by atoms with Crippen molar-refractivity contribution in [3.05, 3.63) is 170 Å². The third-order valence-electron chi connectivity index (χ3n) is 9.49. The molecule has 0 N–H and O–H groups in total. The summed E-state index contributed by atoms with van der Waals surface area (Å²) in [6.45, 7) is 0. The molecule has 0 spiro atoms. The average molecular weight is 641 g/mol. The van der Waals surface area contributed by atoms with Gasteiger partial charge in [-0.15, -0.1) is 0 Å². The van der Waals surface area contributed by atoms with Crippen molar-refractivity contribution < 1.29 is 4.42 Å². The summed E-state index contributed by atoms with van der Waals surface area (Å²) in [5, 5.41) is 4.28. The first-order valence-electron chi connectivity index (χ1n) is 16.7. The predicted molar refractivity (Wildman–Crippen MR) is 203 cm³/mol. The van der Waals surface area contributed by atoms with Gasteiger partial charge in [0.15, 0.2) is 11.6 Å². The third-order valence-corrected chi connectivity index (χ3v) is 9.49. The molecule has 0 fully saturated rings. The van der Waals surface area contributed by atoms with Crippen LogP contribution in [-0.4, -0.2) is 19.5 Å². The fourth-order valence-corrected chi connectivity index (χ4v) is 7.06. The zero-order valence-electron chi connectivity index (χ0n) is 26.9. The molecule has 3 aromatic heterocycles. The molecule has 0 aliphatic rings. The van der Waals surface area contributed by atoms with Gasteiger partial charge in [0.1, 0.15) is 11.2 Å². The van der Waals surface area contributed by atoms with E-state index >= 15 is 0 Å². The Kier molecular flexibility index (Phi) is 6.42. The minimum atomic E-state index is 0.545. The van der Waals surface area contributed by atoms with E-state index in [0.29, 0.717) is 17.6 Å². The van der Waals surface area contributed by atoms with Crippen molar-refractivity contribution in [3.8, 4) is 51.0 Å². The van der Waals surface area contributed by atoms with Crippen LogP contribution in [0.3, 0.4) is 0 Å². The van der Waals surface area contributed by atoms with Crippen LogP contribution in [0.25, 0.3) is 94.7 Å². The van der Waals surface area contributed by atoms with Crippen molar-refractivity contribution in [2.75, 3.05) is 0 Å². The van der Waals surface area contributed by atoms with E-state index in [0.717, 1.165) is 77.1 Å². The van der Waals surface area contributed by atoms with E-state index in [9.17, 15) is 0 Å². The monoisotopic (exact) mass is 640 g/mol. The molecule has 0 saturated carbocycles. The first-order chi connectivity index (χ1) is 24.8. The van der Waals surface area contributed by atoms with Gasteiger partial charge in [0.05, 0.1) is 16.4 Å². The van der Waals surface area contributed by atoms with Crippen molar-refractivity contribution in [1.82, 2.24) is 19.5 Å². The molecule has 7 aromatic carbocycles. The first kappa shape index (κ1) is 28.2. The Morgan fingerprint density at radius 3 is 1.60 bits per heavy atom. The number of nitrogens with zero attached hydrogens (tertiary/aromatic N) is 4. The molecule has 0 saturated heterocycles. The number of aromatic nitrogens is 4. The van der Waals surface area contributed by atoms with Crippen molar-refractivity contribution in [2.24, 2.45) is 0 Å². The summed E-state index contributed by atoms with van der Waals surface area (Å²) in [5.74, 6) is 1.76. The maximum absolute atomic E-state index is 6.64. The van der Waals surface area contributed by atoms with Gasteiger partial charge >= 0.3 is 0 Å². The minimum Gasteiger partial charge on any atom is -0.455 e. The molecule has 0 aliphatic heterocycles. The molecule has 0 amide bonds. The lowest BCUT2D eigenvalue weighted by Crippen LogP contribution is -2.06. The van der Waals surface area contributed by atoms with Gasteiger partial charge < -0.3 is 4.42 Å². The quantitative estimate of drug-likeness (QED) is 0.188. The molecule has 3 heterocycles. The normalized spacial score (nSPS) is 11.6. The smallest absolute Gasteiger partial charge is 0.238 e. The Bertz CT molecular complexity index is 2840. The fourth-order valence-electron chi connectivity index (χ4n) is 7.06. The number of hydrogen-bond donors (Lipinski definition) is 0. The largest absolute Gasteiger partial charge is 0.455 e. The summed E-state index contributed by atoms with van der Waals surface area (Å²) in [6.07, 6.45) is 0. The Morgan fingerprint density at radius 2 is 0.900 bits per heavy atom. The summed E-state index contributed by atoms with van der Waals surface area (Å²) in [6, 6.07) is 58.6. The van der Waals surface area contributed by atoms with Crippen molar-refractivity contribution >= 4 is 43.7 Å². The van der Waals surface area contributed by atoms with E-state index < -0.39 is 0 Å². The highest BCUT2D eigenvalue weighted by Gasteiger charge is 2.22. The van der Waals surface area contributed by atoms with Crippen LogP contribution in [0.15, 0.2) is 174 Å². The van der Waals surface area contributed by atoms with Crippen molar-refractivity contribution in [3.63, 3.8) is 0 Å². The highest BCUT2D eigenvalue weighted by Crippen LogP contribution is 2.41. The maximum atomic E-state index is 6.64. The van der Waals surface area contributed by atoms with E-state index in [1.54, 1.807) is 0 Å². The van der Waals surface area contributed by atoms with Gasteiger partial charge in [-0.05, 0) is 52.6 Å². The Labute approximate surface area is 287 Å². The first-order valence-corrected chi connectivity index (χ1v) is 16.7. The van der Waals surface area contributed by atoms with E-state index in [4.69, 9.17) is 19.4 Å². The van der Waals surface area contributed by atoms with Gasteiger partial charge in [0.2, 0.25) is 5.95 Å². The van der Waals surface area contributed by atoms with Gasteiger partial charge in [-0.3, -0.25) is 4.57 Å². The molecular weight excluding hydrogens is 613 g/mol. The van der Waals surface area contributed by atoms with Crippen molar-refractivity contribution in [2.45, 2.75) is 0 Å². The summed E-state index contributed by atoms with van der Waals surface area (Å²) in [5.41, 5.74) is 10.1. The molecule has 0 atom stereocenters. The summed E-state index contributed by atoms with van der Waals surface area (Å²) in [4.78, 5) is 15.4. The highest BCUT2D eigenvalue weighted by atomic mass is 16.3. The van der Waals surface area contributed by atoms with E-state index in [-0.39, 0.29) is 0 Å². The minimum absolute atomic E-state index is 0.545. The van der Waals surface area contributed by atoms with Crippen LogP contribution >= 0.6 is 0 Å². The lowest BCUT2D eigenvalue weighted by molar-refractivity contribution is 0.673. The molecule has 10 rings (SSSR count). The van der Waals surface area contributed by atoms with Gasteiger partial charge in [0, 0.05) is 27.3 Å². The van der Waals surface area contributed by atoms with Gasteiger partial charge in [-0.25, -0.2) is 4.98 Å². The Balaban J connectivity index is 1.25. The van der Waals surface area contributed by atoms with Crippen LogP contribution in [0.2, 0.25) is 0 Å². The lowest BCUT2D eigenvalue weighted by Gasteiger charge is -2.11. The summed E-state index contributed by atoms with van der Waals surface area (Å²) < 4.78 is 8.79. The van der Waals surface area contributed by atoms with Gasteiger partial charge in [-0.1, -0.05) is 140 Å². The van der Waals surface area contributed by atoms with E-state index in [1.165, 1.54) is 0 Å². The van der Waals surface area contributed by atoms with Gasteiger partial charge in [0.25, 0.3) is 0 Å². The zero-order chi connectivity index (χ0) is 33.0. The fraction of sp³-hybridized carbons (Fsp3) is 0. The summed E-state index contributed by atoms with van der Waals surface area (Å²) >= 11 is 0. The predicted octanol–water partition coefficient (Wildman–Crippen LogP) is 11.5. The molecule has 234 valence electrons. The van der Waals surface area contributed by atoms with Crippen LogP contribution in [-0.2, 0) is 0 Å². The number of rotatable bonds is 5. The molecule has 10 aromatic rings. The third kappa shape index (κ3) is 4.60. The molecular formula is C45H28N4O. The van der Waals surface area contributed by atoms with Crippen molar-refractivity contribution in [1.29, 1.82) is 0 Å². The van der Waals surface area contributed by atoms with E-state index in [1.807, 2.05) is 54.6 Å². The second kappa shape index (κ2) is 11.4. The SMILES string of the molecule is c1ccc(-c2ccc(-c3nc(-c4ccccc4)nc(-n4c5ccc(-c6ccccc6)cc5c5c6oc7ccccc7c6ccc54)n3)cc2)cc1. The molecule has 5 heteroatoms. The lowest BCUT2D eigenvalue weighted by atomic mass is 10.0. The Hall–Kier alpha value is -6.85. The molecule has 0 aliphatic carbocycles. The van der Waals surface area contributed by atoms with E-state index in [2.05, 4.69) is 120 Å². The average Bonchev–Trinajstić information content (AvgIpc) is 3.74. The van der Waals surface area contributed by atoms with Gasteiger partial charge in [-0.2, -0.15) is 9.97 Å². The standard InChI is InChI=1S/C45H28N4O/c1-4-12-29(13-5-1)31-20-22-33(23-21-31)44-46-43(32-16-8-3-9-17-32)47-45(48-44)49-38-26-24-34(30-14-6-2-7-15-30)28-37(38)41-39(49)27-25-36-35-18-10-11-19-40(35)50-42(36)41/h1-28H. The van der Waals surface area contributed by atoms with Crippen LogP contribution in [0.1, 0.15) is 0 Å². The maximum Gasteiger partial charge on any atom is 0.238 e. The number of furan rings is 1. The Morgan fingerprint density at radius 1 is 0.380 bits per heavy atom. The molecule has 50 heavy (non-hydrogen) atoms. The summed E-state index contributed by atoms with van der Waals surface area (Å²) in [7, 11) is 0. The topological polar surface area (TPSA) is 56.7 Å². The van der Waals surface area contributed by atoms with Crippen LogP contribution in [0, 0.1) is 0 Å². The molecule has 0 radical (unpaired) electrons. The molecule has 5 nitrogen and oxygen atoms in total. The molecule has 0 unspecified atom stereocenters. The van der Waals surface area contributed by atoms with Crippen LogP contribution in [0.5, 0.6) is 0 Å². The number of hydrogen-bond acceptors (Lipinski definition) is 4.